The highest BCUT2D eigenvalue weighted by atomic mass is 16.7. The quantitative estimate of drug-likeness (QED) is 0.599. The van der Waals surface area contributed by atoms with E-state index in [-0.39, 0.29) is 5.41 Å². The Kier molecular flexibility index (Phi) is 6.70. The molecule has 2 aliphatic rings. The molecule has 3 N–H and O–H groups in total. The second kappa shape index (κ2) is 9.47. The highest BCUT2D eigenvalue weighted by Gasteiger charge is 2.26. The van der Waals surface area contributed by atoms with Crippen LogP contribution < -0.4 is 24.0 Å². The lowest BCUT2D eigenvalue weighted by Crippen LogP contribution is -3.28. The van der Waals surface area contributed by atoms with E-state index in [0.717, 1.165) is 56.5 Å². The number of aliphatic hydroxyl groups excluding tert-OH is 1. The minimum absolute atomic E-state index is 0.133. The van der Waals surface area contributed by atoms with Gasteiger partial charge in [0.15, 0.2) is 11.5 Å². The Hall–Kier alpha value is -2.28. The van der Waals surface area contributed by atoms with Gasteiger partial charge in [-0.05, 0) is 41.3 Å². The summed E-state index contributed by atoms with van der Waals surface area (Å²) in [7, 11) is 0. The first-order valence-electron chi connectivity index (χ1n) is 11.3. The number of rotatable bonds is 7. The molecule has 2 aliphatic heterocycles. The van der Waals surface area contributed by atoms with E-state index >= 15 is 0 Å². The number of aliphatic hydroxyl groups is 1. The molecule has 0 amide bonds. The standard InChI is InChI=1S/C25H34N2O4/c1-25(2,3)20-5-7-22(8-6-20)29-17-21(28)16-27-12-10-26(11-13-27)15-19-4-9-23-24(14-19)31-18-30-23/h4-9,14,21,28H,10-13,15-18H2,1-3H3/p+2. The fraction of sp³-hybridized carbons (Fsp3) is 0.520. The zero-order chi connectivity index (χ0) is 21.8. The number of hydrogen-bond acceptors (Lipinski definition) is 4. The van der Waals surface area contributed by atoms with Gasteiger partial charge in [-0.1, -0.05) is 32.9 Å². The Morgan fingerprint density at radius 3 is 2.32 bits per heavy atom. The summed E-state index contributed by atoms with van der Waals surface area (Å²) in [5, 5.41) is 10.5. The minimum Gasteiger partial charge on any atom is -0.491 e. The summed E-state index contributed by atoms with van der Waals surface area (Å²) in [6, 6.07) is 14.4. The first-order valence-corrected chi connectivity index (χ1v) is 11.3. The second-order valence-corrected chi connectivity index (χ2v) is 9.81. The molecule has 1 fully saturated rings. The zero-order valence-corrected chi connectivity index (χ0v) is 18.9. The van der Waals surface area contributed by atoms with Gasteiger partial charge in [-0.3, -0.25) is 0 Å². The van der Waals surface area contributed by atoms with E-state index in [9.17, 15) is 5.11 Å². The Labute approximate surface area is 185 Å². The van der Waals surface area contributed by atoms with Crippen molar-refractivity contribution in [1.82, 2.24) is 0 Å². The Morgan fingerprint density at radius 1 is 0.935 bits per heavy atom. The van der Waals surface area contributed by atoms with Gasteiger partial charge in [-0.15, -0.1) is 0 Å². The van der Waals surface area contributed by atoms with Crippen molar-refractivity contribution in [3.8, 4) is 17.2 Å². The third-order valence-corrected chi connectivity index (χ3v) is 6.24. The molecule has 0 bridgehead atoms. The van der Waals surface area contributed by atoms with E-state index in [0.29, 0.717) is 13.4 Å². The molecule has 31 heavy (non-hydrogen) atoms. The van der Waals surface area contributed by atoms with Crippen molar-refractivity contribution < 1.29 is 29.1 Å². The molecule has 6 heteroatoms. The Morgan fingerprint density at radius 2 is 1.61 bits per heavy atom. The molecule has 2 heterocycles. The maximum atomic E-state index is 10.5. The minimum atomic E-state index is -0.451. The van der Waals surface area contributed by atoms with E-state index in [4.69, 9.17) is 14.2 Å². The van der Waals surface area contributed by atoms with Crippen LogP contribution in [0.25, 0.3) is 0 Å². The van der Waals surface area contributed by atoms with Crippen molar-refractivity contribution in [2.24, 2.45) is 0 Å². The van der Waals surface area contributed by atoms with Crippen LogP contribution in [0.2, 0.25) is 0 Å². The van der Waals surface area contributed by atoms with Gasteiger partial charge in [0.25, 0.3) is 0 Å². The van der Waals surface area contributed by atoms with E-state index in [1.807, 2.05) is 18.2 Å². The van der Waals surface area contributed by atoms with Gasteiger partial charge in [0.05, 0.1) is 0 Å². The molecule has 6 nitrogen and oxygen atoms in total. The molecular formula is C25H36N2O4+2. The lowest BCUT2D eigenvalue weighted by Gasteiger charge is -2.30. The predicted octanol–water partition coefficient (Wildman–Crippen LogP) is 0.436. The second-order valence-electron chi connectivity index (χ2n) is 9.81. The normalized spacial score (nSPS) is 21.7. The highest BCUT2D eigenvalue weighted by molar-refractivity contribution is 5.44. The molecule has 0 radical (unpaired) electrons. The summed E-state index contributed by atoms with van der Waals surface area (Å²) in [6.07, 6.45) is -0.451. The molecule has 2 aromatic rings. The van der Waals surface area contributed by atoms with Crippen LogP contribution in [0.4, 0.5) is 0 Å². The first kappa shape index (κ1) is 21.9. The summed E-state index contributed by atoms with van der Waals surface area (Å²) >= 11 is 0. The Bertz CT molecular complexity index is 855. The number of hydrogen-bond donors (Lipinski definition) is 3. The first-order chi connectivity index (χ1) is 14.9. The summed E-state index contributed by atoms with van der Waals surface area (Å²) < 4.78 is 16.7. The smallest absolute Gasteiger partial charge is 0.231 e. The van der Waals surface area contributed by atoms with Crippen LogP contribution in [0.15, 0.2) is 42.5 Å². The monoisotopic (exact) mass is 428 g/mol. The summed E-state index contributed by atoms with van der Waals surface area (Å²) in [6.45, 7) is 13.3. The van der Waals surface area contributed by atoms with Crippen LogP contribution in [-0.4, -0.2) is 57.3 Å². The molecule has 0 spiro atoms. The van der Waals surface area contributed by atoms with E-state index in [1.54, 1.807) is 4.90 Å². The van der Waals surface area contributed by atoms with Crippen molar-refractivity contribution in [2.45, 2.75) is 38.8 Å². The van der Waals surface area contributed by atoms with Crippen molar-refractivity contribution in [2.75, 3.05) is 46.1 Å². The summed E-state index contributed by atoms with van der Waals surface area (Å²) in [4.78, 5) is 3.03. The predicted molar refractivity (Wildman–Crippen MR) is 119 cm³/mol. The molecule has 2 aromatic carbocycles. The fourth-order valence-electron chi connectivity index (χ4n) is 4.31. The van der Waals surface area contributed by atoms with Crippen LogP contribution in [0, 0.1) is 0 Å². The van der Waals surface area contributed by atoms with Gasteiger partial charge < -0.3 is 29.1 Å². The number of benzene rings is 2. The number of piperazine rings is 1. The average Bonchev–Trinajstić information content (AvgIpc) is 3.21. The SMILES string of the molecule is CC(C)(C)c1ccc(OCC(O)C[NH+]2CC[NH+](Cc3ccc4c(c3)OCO4)CC2)cc1. The molecule has 1 saturated heterocycles. The molecule has 0 saturated carbocycles. The van der Waals surface area contributed by atoms with E-state index in [2.05, 4.69) is 45.0 Å². The Balaban J connectivity index is 1.17. The molecule has 4 rings (SSSR count). The van der Waals surface area contributed by atoms with Crippen molar-refractivity contribution in [1.29, 1.82) is 0 Å². The summed E-state index contributed by atoms with van der Waals surface area (Å²) in [5.74, 6) is 2.52. The largest absolute Gasteiger partial charge is 0.491 e. The van der Waals surface area contributed by atoms with Crippen LogP contribution in [0.3, 0.4) is 0 Å². The topological polar surface area (TPSA) is 56.8 Å². The molecule has 0 aromatic heterocycles. The molecule has 168 valence electrons. The van der Waals surface area contributed by atoms with Gasteiger partial charge in [-0.25, -0.2) is 0 Å². The van der Waals surface area contributed by atoms with Crippen LogP contribution in [-0.2, 0) is 12.0 Å². The number of ether oxygens (including phenoxy) is 3. The maximum Gasteiger partial charge on any atom is 0.231 e. The molecule has 0 aliphatic carbocycles. The number of fused-ring (bicyclic) bond motifs is 1. The van der Waals surface area contributed by atoms with Gasteiger partial charge in [0.1, 0.15) is 57.7 Å². The molecule has 1 unspecified atom stereocenters. The lowest BCUT2D eigenvalue weighted by molar-refractivity contribution is -1.02. The fourth-order valence-corrected chi connectivity index (χ4v) is 4.31. The van der Waals surface area contributed by atoms with Crippen molar-refractivity contribution in [3.63, 3.8) is 0 Å². The van der Waals surface area contributed by atoms with Gasteiger partial charge in [0, 0.05) is 5.56 Å². The maximum absolute atomic E-state index is 10.5. The van der Waals surface area contributed by atoms with Gasteiger partial charge in [0.2, 0.25) is 6.79 Å². The van der Waals surface area contributed by atoms with Gasteiger partial charge in [-0.2, -0.15) is 0 Å². The van der Waals surface area contributed by atoms with Crippen molar-refractivity contribution >= 4 is 0 Å². The van der Waals surface area contributed by atoms with E-state index < -0.39 is 6.10 Å². The van der Waals surface area contributed by atoms with Gasteiger partial charge >= 0.3 is 0 Å². The van der Waals surface area contributed by atoms with E-state index in [1.165, 1.54) is 16.0 Å². The summed E-state index contributed by atoms with van der Waals surface area (Å²) in [5.41, 5.74) is 2.70. The van der Waals surface area contributed by atoms with Crippen LogP contribution >= 0.6 is 0 Å². The zero-order valence-electron chi connectivity index (χ0n) is 18.9. The van der Waals surface area contributed by atoms with Crippen LogP contribution in [0.5, 0.6) is 17.2 Å². The average molecular weight is 429 g/mol. The third kappa shape index (κ3) is 5.91. The lowest BCUT2D eigenvalue weighted by atomic mass is 9.87. The third-order valence-electron chi connectivity index (χ3n) is 6.24. The molecular weight excluding hydrogens is 392 g/mol. The molecule has 1 atom stereocenters. The highest BCUT2D eigenvalue weighted by Crippen LogP contribution is 2.32. The number of quaternary nitrogens is 2. The number of nitrogens with one attached hydrogen (secondary N) is 2. The van der Waals surface area contributed by atoms with Crippen LogP contribution in [0.1, 0.15) is 31.9 Å². The van der Waals surface area contributed by atoms with Crippen molar-refractivity contribution in [3.05, 3.63) is 53.6 Å².